The van der Waals surface area contributed by atoms with E-state index in [2.05, 4.69) is 22.5 Å². The average molecular weight is 526 g/mol. The molecule has 2 aromatic carbocycles. The molecule has 0 spiro atoms. The topological polar surface area (TPSA) is 107 Å². The van der Waals surface area contributed by atoms with E-state index in [0.29, 0.717) is 0 Å². The third-order valence-corrected chi connectivity index (χ3v) is 6.44. The van der Waals surface area contributed by atoms with Crippen molar-refractivity contribution < 1.29 is 9.47 Å². The minimum absolute atomic E-state index is 0.394. The first-order valence-electron chi connectivity index (χ1n) is 14.8. The molecule has 0 saturated heterocycles. The van der Waals surface area contributed by atoms with Crippen molar-refractivity contribution in [3.8, 4) is 11.5 Å². The first-order valence-corrected chi connectivity index (χ1v) is 14.8. The molecule has 0 heterocycles. The summed E-state index contributed by atoms with van der Waals surface area (Å²) in [7, 11) is 0. The number of nitrogens with zero attached hydrogens (tertiary/aromatic N) is 2. The van der Waals surface area contributed by atoms with Gasteiger partial charge in [-0.2, -0.15) is 10.2 Å². The Labute approximate surface area is 230 Å². The number of hydrogen-bond acceptors (Lipinski definition) is 7. The highest BCUT2D eigenvalue weighted by Gasteiger charge is 1.99. The highest BCUT2D eigenvalue weighted by Crippen LogP contribution is 2.23. The molecular weight excluding hydrogens is 474 g/mol. The summed E-state index contributed by atoms with van der Waals surface area (Å²) in [5.74, 6) is 1.76. The Kier molecular flexibility index (Phi) is 17.9. The molecule has 0 amide bonds. The Morgan fingerprint density at radius 3 is 1.39 bits per heavy atom. The van der Waals surface area contributed by atoms with Crippen LogP contribution in [0.4, 0.5) is 11.4 Å². The Morgan fingerprint density at radius 1 is 0.579 bits per heavy atom. The molecule has 0 saturated carbocycles. The molecule has 2 rings (SSSR count). The lowest BCUT2D eigenvalue weighted by molar-refractivity contribution is 0.304. The molecule has 0 aliphatic rings. The number of nitrogens with two attached hydrogens (primary N) is 2. The predicted molar refractivity (Wildman–Crippen MR) is 159 cm³/mol. The molecule has 212 valence electrons. The van der Waals surface area contributed by atoms with Gasteiger partial charge >= 0.3 is 0 Å². The third-order valence-electron chi connectivity index (χ3n) is 6.44. The number of azo groups is 1. The van der Waals surface area contributed by atoms with Crippen molar-refractivity contribution >= 4 is 11.4 Å². The van der Waals surface area contributed by atoms with Crippen molar-refractivity contribution in [1.82, 2.24) is 5.32 Å². The van der Waals surface area contributed by atoms with E-state index in [1.807, 2.05) is 48.5 Å². The van der Waals surface area contributed by atoms with Crippen molar-refractivity contribution in [3.05, 3.63) is 48.5 Å². The van der Waals surface area contributed by atoms with Gasteiger partial charge in [-0.1, -0.05) is 77.6 Å². The lowest BCUT2D eigenvalue weighted by atomic mass is 10.1. The van der Waals surface area contributed by atoms with Gasteiger partial charge in [-0.15, -0.1) is 0 Å². The minimum Gasteiger partial charge on any atom is -0.494 e. The molecule has 0 radical (unpaired) electrons. The van der Waals surface area contributed by atoms with Crippen molar-refractivity contribution in [2.75, 3.05) is 19.8 Å². The van der Waals surface area contributed by atoms with Crippen LogP contribution in [0.25, 0.3) is 0 Å². The highest BCUT2D eigenvalue weighted by molar-refractivity contribution is 5.44. The number of nitrogens with one attached hydrogen (secondary N) is 1. The van der Waals surface area contributed by atoms with Gasteiger partial charge in [0, 0.05) is 0 Å². The first kappa shape index (κ1) is 31.7. The zero-order valence-corrected chi connectivity index (χ0v) is 23.6. The van der Waals surface area contributed by atoms with Gasteiger partial charge in [0.15, 0.2) is 0 Å². The molecule has 7 nitrogen and oxygen atoms in total. The third kappa shape index (κ3) is 16.4. The summed E-state index contributed by atoms with van der Waals surface area (Å²) in [6.45, 7) is 4.67. The van der Waals surface area contributed by atoms with Crippen LogP contribution in [0.3, 0.4) is 0 Å². The summed E-state index contributed by atoms with van der Waals surface area (Å²) >= 11 is 0. The monoisotopic (exact) mass is 525 g/mol. The summed E-state index contributed by atoms with van der Waals surface area (Å²) < 4.78 is 11.7. The van der Waals surface area contributed by atoms with Crippen molar-refractivity contribution in [3.63, 3.8) is 0 Å². The van der Waals surface area contributed by atoms with Crippen LogP contribution >= 0.6 is 0 Å². The van der Waals surface area contributed by atoms with E-state index in [4.69, 9.17) is 20.9 Å². The fourth-order valence-electron chi connectivity index (χ4n) is 4.15. The maximum Gasteiger partial charge on any atom is 0.119 e. The molecule has 7 heteroatoms. The molecule has 0 unspecified atom stereocenters. The quantitative estimate of drug-likeness (QED) is 0.0771. The predicted octanol–water partition coefficient (Wildman–Crippen LogP) is 8.13. The van der Waals surface area contributed by atoms with E-state index in [9.17, 15) is 0 Å². The van der Waals surface area contributed by atoms with Crippen LogP contribution in [0.1, 0.15) is 96.8 Å². The van der Waals surface area contributed by atoms with Crippen LogP contribution < -0.4 is 26.3 Å². The van der Waals surface area contributed by atoms with Crippen molar-refractivity contribution in [2.45, 2.75) is 103 Å². The van der Waals surface area contributed by atoms with Gasteiger partial charge in [-0.3, -0.25) is 5.32 Å². The van der Waals surface area contributed by atoms with Crippen LogP contribution in [0.5, 0.6) is 11.5 Å². The SMILES string of the molecule is CCCCCCCCOc1ccc(N=Nc2ccc(OCCCCCCCCCCNC(N)N)cc2)cc1. The Hall–Kier alpha value is -2.48. The standard InChI is InChI=1S/C31H51N5O2/c1-2-3-4-5-11-14-25-37-29-20-16-27(17-21-29)35-36-28-18-22-30(23-19-28)38-26-15-12-9-7-6-8-10-13-24-34-31(32)33/h16-23,31,34H,2-15,24-26,32-33H2,1H3. The van der Waals surface area contributed by atoms with Crippen LogP contribution in [0, 0.1) is 0 Å². The molecule has 0 atom stereocenters. The summed E-state index contributed by atoms with van der Waals surface area (Å²) in [6.07, 6.45) is 17.0. The van der Waals surface area contributed by atoms with Gasteiger partial charge in [0.2, 0.25) is 0 Å². The Bertz CT molecular complexity index is 840. The number of hydrogen-bond donors (Lipinski definition) is 3. The molecular formula is C31H51N5O2. The molecule has 0 fully saturated rings. The largest absolute Gasteiger partial charge is 0.494 e. The van der Waals surface area contributed by atoms with E-state index in [0.717, 1.165) is 61.9 Å². The summed E-state index contributed by atoms with van der Waals surface area (Å²) in [4.78, 5) is 0. The van der Waals surface area contributed by atoms with Gasteiger partial charge in [0.25, 0.3) is 0 Å². The maximum absolute atomic E-state index is 5.88. The zero-order chi connectivity index (χ0) is 27.1. The number of rotatable bonds is 23. The fraction of sp³-hybridized carbons (Fsp3) is 0.613. The second-order valence-corrected chi connectivity index (χ2v) is 9.96. The Morgan fingerprint density at radius 2 is 0.974 bits per heavy atom. The number of unbranched alkanes of at least 4 members (excludes halogenated alkanes) is 12. The lowest BCUT2D eigenvalue weighted by Gasteiger charge is -2.08. The average Bonchev–Trinajstić information content (AvgIpc) is 2.93. The van der Waals surface area contributed by atoms with Crippen LogP contribution in [-0.4, -0.2) is 26.0 Å². The van der Waals surface area contributed by atoms with Crippen molar-refractivity contribution in [2.24, 2.45) is 21.7 Å². The van der Waals surface area contributed by atoms with Gasteiger partial charge in [0.05, 0.1) is 24.6 Å². The Balaban J connectivity index is 1.51. The van der Waals surface area contributed by atoms with E-state index in [1.54, 1.807) is 0 Å². The van der Waals surface area contributed by atoms with Gasteiger partial charge < -0.3 is 20.9 Å². The van der Waals surface area contributed by atoms with Crippen LogP contribution in [-0.2, 0) is 0 Å². The zero-order valence-electron chi connectivity index (χ0n) is 23.6. The lowest BCUT2D eigenvalue weighted by Crippen LogP contribution is -2.45. The second-order valence-electron chi connectivity index (χ2n) is 9.96. The summed E-state index contributed by atoms with van der Waals surface area (Å²) in [5.41, 5.74) is 12.5. The molecule has 0 aliphatic carbocycles. The maximum atomic E-state index is 5.88. The summed E-state index contributed by atoms with van der Waals surface area (Å²) in [6, 6.07) is 15.6. The van der Waals surface area contributed by atoms with Gasteiger partial charge in [-0.05, 0) is 74.3 Å². The fourth-order valence-corrected chi connectivity index (χ4v) is 4.15. The molecule has 38 heavy (non-hydrogen) atoms. The second kappa shape index (κ2) is 21.5. The number of benzene rings is 2. The van der Waals surface area contributed by atoms with E-state index >= 15 is 0 Å². The minimum atomic E-state index is -0.394. The van der Waals surface area contributed by atoms with E-state index < -0.39 is 6.29 Å². The number of ether oxygens (including phenoxy) is 2. The molecule has 0 aromatic heterocycles. The molecule has 2 aromatic rings. The molecule has 0 aliphatic heterocycles. The smallest absolute Gasteiger partial charge is 0.119 e. The van der Waals surface area contributed by atoms with Crippen molar-refractivity contribution in [1.29, 1.82) is 0 Å². The van der Waals surface area contributed by atoms with Gasteiger partial charge in [-0.25, -0.2) is 0 Å². The molecule has 0 bridgehead atoms. The van der Waals surface area contributed by atoms with E-state index in [1.165, 1.54) is 70.6 Å². The van der Waals surface area contributed by atoms with Crippen LogP contribution in [0.2, 0.25) is 0 Å². The van der Waals surface area contributed by atoms with Crippen LogP contribution in [0.15, 0.2) is 58.8 Å². The molecule has 5 N–H and O–H groups in total. The van der Waals surface area contributed by atoms with Gasteiger partial charge in [0.1, 0.15) is 17.8 Å². The summed E-state index contributed by atoms with van der Waals surface area (Å²) in [5, 5.41) is 11.7. The highest BCUT2D eigenvalue weighted by atomic mass is 16.5. The first-order chi connectivity index (χ1) is 18.7. The van der Waals surface area contributed by atoms with E-state index in [-0.39, 0.29) is 0 Å². The normalized spacial score (nSPS) is 11.5.